The second-order valence-electron chi connectivity index (χ2n) is 5.99. The maximum Gasteiger partial charge on any atom is 0.305 e. The summed E-state index contributed by atoms with van der Waals surface area (Å²) < 4.78 is 10.8. The summed E-state index contributed by atoms with van der Waals surface area (Å²) in [5.74, 6) is -0.0199. The van der Waals surface area contributed by atoms with Gasteiger partial charge in [0, 0.05) is 19.3 Å². The molecule has 8 nitrogen and oxygen atoms in total. The second kappa shape index (κ2) is 6.48. The molecule has 0 spiro atoms. The number of furan rings is 1. The Morgan fingerprint density at radius 2 is 2.12 bits per heavy atom. The number of aromatic nitrogens is 2. The standard InChI is InChI=1S/C16H19N3O5/c1-10-2-3-13(24-10)11-8-12(19-18-11)15(22)17-16(9-14(20)21)4-6-23-7-5-16/h2-3,8H,4-7,9H2,1H3,(H,17,22)(H,18,19)(H,20,21). The number of rotatable bonds is 5. The molecule has 0 atom stereocenters. The van der Waals surface area contributed by atoms with Crippen molar-refractivity contribution in [2.24, 2.45) is 0 Å². The van der Waals surface area contributed by atoms with Crippen LogP contribution in [0.15, 0.2) is 22.6 Å². The fraction of sp³-hybridized carbons (Fsp3) is 0.438. The summed E-state index contributed by atoms with van der Waals surface area (Å²) in [6.07, 6.45) is 0.774. The summed E-state index contributed by atoms with van der Waals surface area (Å²) in [7, 11) is 0. The first-order valence-corrected chi connectivity index (χ1v) is 7.72. The van der Waals surface area contributed by atoms with Gasteiger partial charge in [-0.1, -0.05) is 0 Å². The molecule has 0 saturated carbocycles. The number of H-pyrrole nitrogens is 1. The van der Waals surface area contributed by atoms with E-state index < -0.39 is 17.4 Å². The molecule has 24 heavy (non-hydrogen) atoms. The molecular formula is C16H19N3O5. The third-order valence-corrected chi connectivity index (χ3v) is 4.13. The predicted molar refractivity (Wildman–Crippen MR) is 83.5 cm³/mol. The van der Waals surface area contributed by atoms with Gasteiger partial charge in [-0.15, -0.1) is 0 Å². The van der Waals surface area contributed by atoms with Crippen LogP contribution in [0.1, 0.15) is 35.5 Å². The minimum Gasteiger partial charge on any atom is -0.481 e. The number of carboxylic acid groups (broad SMARTS) is 1. The zero-order valence-corrected chi connectivity index (χ0v) is 13.3. The van der Waals surface area contributed by atoms with Crippen LogP contribution in [-0.4, -0.2) is 45.9 Å². The maximum atomic E-state index is 12.5. The van der Waals surface area contributed by atoms with Crippen molar-refractivity contribution in [2.75, 3.05) is 13.2 Å². The number of carbonyl (C=O) groups excluding carboxylic acids is 1. The van der Waals surface area contributed by atoms with Gasteiger partial charge in [0.2, 0.25) is 0 Å². The van der Waals surface area contributed by atoms with E-state index in [2.05, 4.69) is 15.5 Å². The van der Waals surface area contributed by atoms with E-state index in [1.54, 1.807) is 12.1 Å². The minimum atomic E-state index is -0.953. The number of hydrogen-bond acceptors (Lipinski definition) is 5. The van der Waals surface area contributed by atoms with Crippen LogP contribution in [0.2, 0.25) is 0 Å². The van der Waals surface area contributed by atoms with E-state index in [0.717, 1.165) is 5.76 Å². The number of nitrogens with one attached hydrogen (secondary N) is 2. The molecule has 3 heterocycles. The zero-order chi connectivity index (χ0) is 17.2. The van der Waals surface area contributed by atoms with Crippen LogP contribution in [-0.2, 0) is 9.53 Å². The van der Waals surface area contributed by atoms with E-state index in [0.29, 0.717) is 37.5 Å². The Morgan fingerprint density at radius 3 is 2.75 bits per heavy atom. The average molecular weight is 333 g/mol. The summed E-state index contributed by atoms with van der Waals surface area (Å²) in [5, 5.41) is 18.7. The predicted octanol–water partition coefficient (Wildman–Crippen LogP) is 1.73. The van der Waals surface area contributed by atoms with Gasteiger partial charge in [-0.3, -0.25) is 14.7 Å². The number of aryl methyl sites for hydroxylation is 1. The summed E-state index contributed by atoms with van der Waals surface area (Å²) in [5.41, 5.74) is -0.0236. The molecular weight excluding hydrogens is 314 g/mol. The monoisotopic (exact) mass is 333 g/mol. The summed E-state index contributed by atoms with van der Waals surface area (Å²) in [6.45, 7) is 2.67. The third-order valence-electron chi connectivity index (χ3n) is 4.13. The van der Waals surface area contributed by atoms with Gasteiger partial charge in [-0.2, -0.15) is 5.10 Å². The first-order valence-electron chi connectivity index (χ1n) is 7.72. The molecule has 3 rings (SSSR count). The molecule has 0 radical (unpaired) electrons. The number of carboxylic acids is 1. The number of ether oxygens (including phenoxy) is 1. The lowest BCUT2D eigenvalue weighted by Crippen LogP contribution is -2.53. The van der Waals surface area contributed by atoms with Gasteiger partial charge in [0.05, 0.1) is 12.0 Å². The molecule has 1 aliphatic heterocycles. The van der Waals surface area contributed by atoms with Gasteiger partial charge in [0.15, 0.2) is 11.5 Å². The van der Waals surface area contributed by atoms with Crippen LogP contribution in [0.25, 0.3) is 11.5 Å². The molecule has 2 aromatic rings. The Labute approximate surface area is 138 Å². The van der Waals surface area contributed by atoms with Crippen LogP contribution < -0.4 is 5.32 Å². The van der Waals surface area contributed by atoms with Crippen molar-refractivity contribution in [3.8, 4) is 11.5 Å². The lowest BCUT2D eigenvalue weighted by Gasteiger charge is -2.36. The largest absolute Gasteiger partial charge is 0.481 e. The number of hydrogen-bond donors (Lipinski definition) is 3. The molecule has 128 valence electrons. The van der Waals surface area contributed by atoms with Crippen LogP contribution in [0, 0.1) is 6.92 Å². The van der Waals surface area contributed by atoms with Gasteiger partial charge in [0.1, 0.15) is 11.5 Å². The third kappa shape index (κ3) is 3.48. The Morgan fingerprint density at radius 1 is 1.38 bits per heavy atom. The van der Waals surface area contributed by atoms with Crippen molar-refractivity contribution in [3.05, 3.63) is 29.7 Å². The lowest BCUT2D eigenvalue weighted by atomic mass is 9.86. The topological polar surface area (TPSA) is 117 Å². The molecule has 8 heteroatoms. The number of aliphatic carboxylic acids is 1. The highest BCUT2D eigenvalue weighted by Crippen LogP contribution is 2.26. The van der Waals surface area contributed by atoms with Crippen molar-refractivity contribution in [1.82, 2.24) is 15.5 Å². The number of carbonyl (C=O) groups is 2. The summed E-state index contributed by atoms with van der Waals surface area (Å²) in [4.78, 5) is 23.6. The minimum absolute atomic E-state index is 0.142. The second-order valence-corrected chi connectivity index (χ2v) is 5.99. The Balaban J connectivity index is 1.75. The SMILES string of the molecule is Cc1ccc(-c2cc(C(=O)NC3(CC(=O)O)CCOCC3)n[nH]2)o1. The van der Waals surface area contributed by atoms with E-state index in [1.807, 2.05) is 13.0 Å². The molecule has 1 saturated heterocycles. The van der Waals surface area contributed by atoms with E-state index in [9.17, 15) is 9.59 Å². The van der Waals surface area contributed by atoms with Gasteiger partial charge in [0.25, 0.3) is 5.91 Å². The molecule has 1 fully saturated rings. The van der Waals surface area contributed by atoms with Crippen molar-refractivity contribution in [3.63, 3.8) is 0 Å². The quantitative estimate of drug-likeness (QED) is 0.767. The average Bonchev–Trinajstić information content (AvgIpc) is 3.15. The fourth-order valence-electron chi connectivity index (χ4n) is 2.85. The Kier molecular flexibility index (Phi) is 4.39. The molecule has 1 amide bonds. The smallest absolute Gasteiger partial charge is 0.305 e. The van der Waals surface area contributed by atoms with Gasteiger partial charge >= 0.3 is 5.97 Å². The molecule has 2 aromatic heterocycles. The highest BCUT2D eigenvalue weighted by Gasteiger charge is 2.37. The Hall–Kier alpha value is -2.61. The molecule has 0 aromatic carbocycles. The fourth-order valence-corrected chi connectivity index (χ4v) is 2.85. The van der Waals surface area contributed by atoms with E-state index in [-0.39, 0.29) is 12.1 Å². The zero-order valence-electron chi connectivity index (χ0n) is 13.3. The molecule has 0 bridgehead atoms. The number of amides is 1. The highest BCUT2D eigenvalue weighted by atomic mass is 16.5. The number of nitrogens with zero attached hydrogens (tertiary/aromatic N) is 1. The van der Waals surface area contributed by atoms with Crippen molar-refractivity contribution in [1.29, 1.82) is 0 Å². The molecule has 0 unspecified atom stereocenters. The summed E-state index contributed by atoms with van der Waals surface area (Å²) in [6, 6.07) is 5.19. The first-order chi connectivity index (χ1) is 11.5. The van der Waals surface area contributed by atoms with E-state index in [4.69, 9.17) is 14.3 Å². The van der Waals surface area contributed by atoms with Crippen molar-refractivity contribution in [2.45, 2.75) is 31.7 Å². The van der Waals surface area contributed by atoms with Gasteiger partial charge in [-0.25, -0.2) is 0 Å². The first kappa shape index (κ1) is 16.3. The Bertz CT molecular complexity index is 742. The van der Waals surface area contributed by atoms with Crippen LogP contribution in [0.4, 0.5) is 0 Å². The molecule has 3 N–H and O–H groups in total. The van der Waals surface area contributed by atoms with E-state index >= 15 is 0 Å². The van der Waals surface area contributed by atoms with Crippen molar-refractivity contribution >= 4 is 11.9 Å². The van der Waals surface area contributed by atoms with Gasteiger partial charge < -0.3 is 19.6 Å². The highest BCUT2D eigenvalue weighted by molar-refractivity contribution is 5.94. The maximum absolute atomic E-state index is 12.5. The normalized spacial score (nSPS) is 16.7. The molecule has 1 aliphatic rings. The number of aromatic amines is 1. The van der Waals surface area contributed by atoms with Crippen LogP contribution in [0.5, 0.6) is 0 Å². The molecule has 0 aliphatic carbocycles. The van der Waals surface area contributed by atoms with E-state index in [1.165, 1.54) is 0 Å². The van der Waals surface area contributed by atoms with Crippen LogP contribution in [0.3, 0.4) is 0 Å². The van der Waals surface area contributed by atoms with Crippen LogP contribution >= 0.6 is 0 Å². The van der Waals surface area contributed by atoms with Gasteiger partial charge in [-0.05, 0) is 31.9 Å². The lowest BCUT2D eigenvalue weighted by molar-refractivity contribution is -0.139. The van der Waals surface area contributed by atoms with Crippen molar-refractivity contribution < 1.29 is 23.8 Å². The summed E-state index contributed by atoms with van der Waals surface area (Å²) >= 11 is 0.